The first-order valence-corrected chi connectivity index (χ1v) is 6.12. The van der Waals surface area contributed by atoms with Crippen molar-refractivity contribution in [2.24, 2.45) is 0 Å². The highest BCUT2D eigenvalue weighted by Crippen LogP contribution is 2.14. The van der Waals surface area contributed by atoms with Crippen LogP contribution in [0, 0.1) is 0 Å². The van der Waals surface area contributed by atoms with Crippen LogP contribution in [0.25, 0.3) is 0 Å². The summed E-state index contributed by atoms with van der Waals surface area (Å²) in [5, 5.41) is 11.5. The maximum absolute atomic E-state index is 12.0. The summed E-state index contributed by atoms with van der Waals surface area (Å²) in [4.78, 5) is 27.0. The lowest BCUT2D eigenvalue weighted by molar-refractivity contribution is -0.139. The van der Waals surface area contributed by atoms with E-state index >= 15 is 0 Å². The van der Waals surface area contributed by atoms with Crippen LogP contribution in [0.5, 0.6) is 5.88 Å². The van der Waals surface area contributed by atoms with Gasteiger partial charge in [-0.2, -0.15) is 0 Å². The Labute approximate surface area is 111 Å². The number of rotatable bonds is 7. The number of unbranched alkanes of at least 4 members (excludes halogenated alkanes) is 1. The van der Waals surface area contributed by atoms with Crippen LogP contribution < -0.4 is 10.1 Å². The number of carbonyl (C=O) groups is 2. The van der Waals surface area contributed by atoms with Crippen molar-refractivity contribution < 1.29 is 19.4 Å². The summed E-state index contributed by atoms with van der Waals surface area (Å²) in [6.07, 6.45) is 3.51. The molecule has 0 aliphatic rings. The molecule has 1 amide bonds. The van der Waals surface area contributed by atoms with Gasteiger partial charge >= 0.3 is 5.97 Å². The third-order valence-electron chi connectivity index (χ3n) is 2.66. The SMILES string of the molecule is CCCCC(NC(=O)c1cccnc1OC)C(=O)O. The van der Waals surface area contributed by atoms with Gasteiger partial charge in [0.15, 0.2) is 0 Å². The number of methoxy groups -OCH3 is 1. The highest BCUT2D eigenvalue weighted by atomic mass is 16.5. The normalized spacial score (nSPS) is 11.7. The number of amides is 1. The fourth-order valence-electron chi connectivity index (χ4n) is 1.63. The second-order valence-corrected chi connectivity index (χ2v) is 4.07. The standard InChI is InChI=1S/C13H18N2O4/c1-3-4-7-10(13(17)18)15-11(16)9-6-5-8-14-12(9)19-2/h5-6,8,10H,3-4,7H2,1-2H3,(H,15,16)(H,17,18). The van der Waals surface area contributed by atoms with Crippen LogP contribution in [0.2, 0.25) is 0 Å². The number of hydrogen-bond donors (Lipinski definition) is 2. The van der Waals surface area contributed by atoms with Crippen molar-refractivity contribution in [1.29, 1.82) is 0 Å². The highest BCUT2D eigenvalue weighted by molar-refractivity contribution is 5.98. The Hall–Kier alpha value is -2.11. The molecule has 0 fully saturated rings. The molecule has 6 heteroatoms. The monoisotopic (exact) mass is 266 g/mol. The number of aliphatic carboxylic acids is 1. The van der Waals surface area contributed by atoms with Crippen molar-refractivity contribution in [2.75, 3.05) is 7.11 Å². The van der Waals surface area contributed by atoms with Crippen molar-refractivity contribution in [3.63, 3.8) is 0 Å². The van der Waals surface area contributed by atoms with Gasteiger partial charge in [0.25, 0.3) is 5.91 Å². The Kier molecular flexibility index (Phi) is 5.78. The van der Waals surface area contributed by atoms with E-state index < -0.39 is 17.9 Å². The van der Waals surface area contributed by atoms with Gasteiger partial charge in [0.05, 0.1) is 7.11 Å². The third-order valence-corrected chi connectivity index (χ3v) is 2.66. The van der Waals surface area contributed by atoms with E-state index in [0.29, 0.717) is 6.42 Å². The van der Waals surface area contributed by atoms with E-state index in [0.717, 1.165) is 12.8 Å². The summed E-state index contributed by atoms with van der Waals surface area (Å²) in [5.41, 5.74) is 0.229. The molecule has 1 atom stereocenters. The molecule has 0 radical (unpaired) electrons. The highest BCUT2D eigenvalue weighted by Gasteiger charge is 2.22. The van der Waals surface area contributed by atoms with Gasteiger partial charge in [0.2, 0.25) is 5.88 Å². The fourth-order valence-corrected chi connectivity index (χ4v) is 1.63. The average molecular weight is 266 g/mol. The number of nitrogens with zero attached hydrogens (tertiary/aromatic N) is 1. The van der Waals surface area contributed by atoms with Crippen molar-refractivity contribution in [1.82, 2.24) is 10.3 Å². The first kappa shape index (κ1) is 14.9. The van der Waals surface area contributed by atoms with E-state index in [1.807, 2.05) is 6.92 Å². The molecule has 2 N–H and O–H groups in total. The summed E-state index contributed by atoms with van der Waals surface area (Å²) in [7, 11) is 1.41. The lowest BCUT2D eigenvalue weighted by Crippen LogP contribution is -2.40. The van der Waals surface area contributed by atoms with Crippen molar-refractivity contribution in [2.45, 2.75) is 32.2 Å². The van der Waals surface area contributed by atoms with Crippen LogP contribution in [0.4, 0.5) is 0 Å². The van der Waals surface area contributed by atoms with E-state index in [-0.39, 0.29) is 11.4 Å². The van der Waals surface area contributed by atoms with Crippen LogP contribution in [0.3, 0.4) is 0 Å². The van der Waals surface area contributed by atoms with E-state index in [1.54, 1.807) is 12.1 Å². The van der Waals surface area contributed by atoms with Gasteiger partial charge in [-0.3, -0.25) is 4.79 Å². The van der Waals surface area contributed by atoms with Crippen LogP contribution in [-0.4, -0.2) is 35.1 Å². The van der Waals surface area contributed by atoms with Crippen LogP contribution >= 0.6 is 0 Å². The van der Waals surface area contributed by atoms with Gasteiger partial charge in [0.1, 0.15) is 11.6 Å². The van der Waals surface area contributed by atoms with Gasteiger partial charge in [-0.15, -0.1) is 0 Å². The summed E-state index contributed by atoms with van der Waals surface area (Å²) < 4.78 is 4.97. The van der Waals surface area contributed by atoms with Gasteiger partial charge in [-0.1, -0.05) is 19.8 Å². The zero-order valence-electron chi connectivity index (χ0n) is 11.0. The summed E-state index contributed by atoms with van der Waals surface area (Å²) in [6, 6.07) is 2.25. The quantitative estimate of drug-likeness (QED) is 0.780. The van der Waals surface area contributed by atoms with Crippen LogP contribution in [0.15, 0.2) is 18.3 Å². The molecular weight excluding hydrogens is 248 g/mol. The molecule has 1 heterocycles. The molecule has 0 saturated carbocycles. The Morgan fingerprint density at radius 3 is 2.84 bits per heavy atom. The van der Waals surface area contributed by atoms with E-state index in [4.69, 9.17) is 9.84 Å². The van der Waals surface area contributed by atoms with Crippen LogP contribution in [-0.2, 0) is 4.79 Å². The lowest BCUT2D eigenvalue weighted by atomic mass is 10.1. The molecule has 0 aliphatic heterocycles. The van der Waals surface area contributed by atoms with Gasteiger partial charge < -0.3 is 15.2 Å². The average Bonchev–Trinajstić information content (AvgIpc) is 2.42. The van der Waals surface area contributed by atoms with Crippen LogP contribution in [0.1, 0.15) is 36.5 Å². The zero-order chi connectivity index (χ0) is 14.3. The predicted octanol–water partition coefficient (Wildman–Crippen LogP) is 1.46. The topological polar surface area (TPSA) is 88.5 Å². The number of carboxylic acids is 1. The number of aromatic nitrogens is 1. The number of nitrogens with one attached hydrogen (secondary N) is 1. The van der Waals surface area contributed by atoms with Gasteiger partial charge in [-0.05, 0) is 18.6 Å². The van der Waals surface area contributed by atoms with Crippen molar-refractivity contribution in [3.8, 4) is 5.88 Å². The van der Waals surface area contributed by atoms with E-state index in [1.165, 1.54) is 13.3 Å². The summed E-state index contributed by atoms with van der Waals surface area (Å²) in [5.74, 6) is -1.35. The molecule has 19 heavy (non-hydrogen) atoms. The Bertz CT molecular complexity index is 448. The second kappa shape index (κ2) is 7.35. The molecule has 0 bridgehead atoms. The third kappa shape index (κ3) is 4.24. The molecule has 0 aromatic carbocycles. The number of pyridine rings is 1. The van der Waals surface area contributed by atoms with E-state index in [9.17, 15) is 9.59 Å². The molecule has 0 aliphatic carbocycles. The molecule has 0 spiro atoms. The minimum atomic E-state index is -1.04. The first-order valence-electron chi connectivity index (χ1n) is 6.12. The minimum absolute atomic E-state index is 0.180. The number of carboxylic acid groups (broad SMARTS) is 1. The smallest absolute Gasteiger partial charge is 0.326 e. The summed E-state index contributed by atoms with van der Waals surface area (Å²) >= 11 is 0. The second-order valence-electron chi connectivity index (χ2n) is 4.07. The van der Waals surface area contributed by atoms with Gasteiger partial charge in [0, 0.05) is 6.20 Å². The Morgan fingerprint density at radius 2 is 2.26 bits per heavy atom. The molecule has 1 aromatic rings. The molecule has 1 rings (SSSR count). The Balaban J connectivity index is 2.78. The molecule has 6 nitrogen and oxygen atoms in total. The number of hydrogen-bond acceptors (Lipinski definition) is 4. The Morgan fingerprint density at radius 1 is 1.53 bits per heavy atom. The largest absolute Gasteiger partial charge is 0.480 e. The number of carbonyl (C=O) groups excluding carboxylic acids is 1. The minimum Gasteiger partial charge on any atom is -0.480 e. The van der Waals surface area contributed by atoms with Crippen molar-refractivity contribution in [3.05, 3.63) is 23.9 Å². The molecular formula is C13H18N2O4. The molecule has 0 saturated heterocycles. The molecule has 104 valence electrons. The lowest BCUT2D eigenvalue weighted by Gasteiger charge is -2.14. The number of ether oxygens (including phenoxy) is 1. The van der Waals surface area contributed by atoms with E-state index in [2.05, 4.69) is 10.3 Å². The zero-order valence-corrected chi connectivity index (χ0v) is 11.0. The maximum Gasteiger partial charge on any atom is 0.326 e. The van der Waals surface area contributed by atoms with Crippen molar-refractivity contribution >= 4 is 11.9 Å². The first-order chi connectivity index (χ1) is 9.10. The summed E-state index contributed by atoms with van der Waals surface area (Å²) in [6.45, 7) is 1.96. The maximum atomic E-state index is 12.0. The predicted molar refractivity (Wildman–Crippen MR) is 69.2 cm³/mol. The molecule has 1 unspecified atom stereocenters. The van der Waals surface area contributed by atoms with Gasteiger partial charge in [-0.25, -0.2) is 9.78 Å². The molecule has 1 aromatic heterocycles. The fraction of sp³-hybridized carbons (Fsp3) is 0.462.